The van der Waals surface area contributed by atoms with Gasteiger partial charge in [0.15, 0.2) is 5.78 Å². The average molecular weight is 449 g/mol. The summed E-state index contributed by atoms with van der Waals surface area (Å²) in [7, 11) is 1.67. The lowest BCUT2D eigenvalue weighted by Gasteiger charge is -2.35. The zero-order chi connectivity index (χ0) is 22.5. The summed E-state index contributed by atoms with van der Waals surface area (Å²) in [5.74, 6) is 0.560. The van der Waals surface area contributed by atoms with E-state index in [2.05, 4.69) is 11.0 Å². The number of amides is 1. The van der Waals surface area contributed by atoms with Gasteiger partial charge in [-0.25, -0.2) is 0 Å². The Bertz CT molecular complexity index is 1110. The topological polar surface area (TPSA) is 49.9 Å². The van der Waals surface area contributed by atoms with Crippen molar-refractivity contribution in [2.45, 2.75) is 6.54 Å². The Kier molecular flexibility index (Phi) is 6.88. The fourth-order valence-corrected chi connectivity index (χ4v) is 4.06. The van der Waals surface area contributed by atoms with Crippen molar-refractivity contribution >= 4 is 23.3 Å². The van der Waals surface area contributed by atoms with Crippen LogP contribution in [-0.4, -0.2) is 54.8 Å². The van der Waals surface area contributed by atoms with Gasteiger partial charge in [0.25, 0.3) is 5.91 Å². The molecule has 0 radical (unpaired) electrons. The van der Waals surface area contributed by atoms with E-state index in [-0.39, 0.29) is 11.7 Å². The van der Waals surface area contributed by atoms with Crippen LogP contribution in [0.15, 0.2) is 72.8 Å². The first kappa shape index (κ1) is 22.1. The zero-order valence-corrected chi connectivity index (χ0v) is 18.7. The SMILES string of the molecule is COc1cccc(CN2CCN(C(=O)c3ccccc3C(=O)c3ccc(Cl)cc3)CC2)c1. The van der Waals surface area contributed by atoms with Crippen LogP contribution in [-0.2, 0) is 6.54 Å². The number of ketones is 1. The van der Waals surface area contributed by atoms with Crippen molar-refractivity contribution in [1.29, 1.82) is 0 Å². The monoisotopic (exact) mass is 448 g/mol. The molecule has 0 unspecified atom stereocenters. The van der Waals surface area contributed by atoms with Gasteiger partial charge in [-0.05, 0) is 48.0 Å². The van der Waals surface area contributed by atoms with Crippen molar-refractivity contribution < 1.29 is 14.3 Å². The molecule has 0 saturated carbocycles. The third-order valence-electron chi connectivity index (χ3n) is 5.71. The number of hydrogen-bond donors (Lipinski definition) is 0. The molecule has 0 aliphatic carbocycles. The molecule has 0 aromatic heterocycles. The number of carbonyl (C=O) groups excluding carboxylic acids is 2. The number of nitrogens with zero attached hydrogens (tertiary/aromatic N) is 2. The number of rotatable bonds is 6. The number of carbonyl (C=O) groups is 2. The van der Waals surface area contributed by atoms with E-state index in [1.807, 2.05) is 23.1 Å². The summed E-state index contributed by atoms with van der Waals surface area (Å²) in [6.45, 7) is 3.59. The van der Waals surface area contributed by atoms with Gasteiger partial charge in [-0.3, -0.25) is 14.5 Å². The minimum atomic E-state index is -0.178. The molecule has 1 amide bonds. The van der Waals surface area contributed by atoms with Crippen molar-refractivity contribution in [2.24, 2.45) is 0 Å². The van der Waals surface area contributed by atoms with Crippen molar-refractivity contribution in [1.82, 2.24) is 9.80 Å². The molecule has 6 heteroatoms. The van der Waals surface area contributed by atoms with Crippen LogP contribution in [0.2, 0.25) is 5.02 Å². The highest BCUT2D eigenvalue weighted by molar-refractivity contribution is 6.30. The average Bonchev–Trinajstić information content (AvgIpc) is 2.84. The lowest BCUT2D eigenvalue weighted by molar-refractivity contribution is 0.0625. The molecule has 164 valence electrons. The van der Waals surface area contributed by atoms with Crippen LogP contribution in [0.1, 0.15) is 31.8 Å². The van der Waals surface area contributed by atoms with E-state index in [1.54, 1.807) is 55.6 Å². The quantitative estimate of drug-likeness (QED) is 0.519. The number of halogens is 1. The van der Waals surface area contributed by atoms with E-state index < -0.39 is 0 Å². The molecule has 1 aliphatic heterocycles. The van der Waals surface area contributed by atoms with E-state index in [0.717, 1.165) is 25.4 Å². The van der Waals surface area contributed by atoms with Gasteiger partial charge in [0.1, 0.15) is 5.75 Å². The molecule has 0 atom stereocenters. The van der Waals surface area contributed by atoms with Gasteiger partial charge >= 0.3 is 0 Å². The number of benzene rings is 3. The lowest BCUT2D eigenvalue weighted by atomic mass is 9.97. The molecule has 3 aromatic rings. The molecule has 3 aromatic carbocycles. The molecule has 1 aliphatic rings. The Balaban J connectivity index is 1.43. The van der Waals surface area contributed by atoms with Crippen LogP contribution in [0.4, 0.5) is 0 Å². The summed E-state index contributed by atoms with van der Waals surface area (Å²) in [6.07, 6.45) is 0. The van der Waals surface area contributed by atoms with Crippen LogP contribution >= 0.6 is 11.6 Å². The minimum absolute atomic E-state index is 0.107. The second kappa shape index (κ2) is 9.98. The van der Waals surface area contributed by atoms with Crippen molar-refractivity contribution in [3.63, 3.8) is 0 Å². The standard InChI is InChI=1S/C26H25ClN2O3/c1-32-22-6-4-5-19(17-22)18-28-13-15-29(16-14-28)26(31)24-8-3-2-7-23(24)25(30)20-9-11-21(27)12-10-20/h2-12,17H,13-16,18H2,1H3. The fourth-order valence-electron chi connectivity index (χ4n) is 3.93. The zero-order valence-electron chi connectivity index (χ0n) is 18.0. The highest BCUT2D eigenvalue weighted by Gasteiger charge is 2.25. The molecular weight excluding hydrogens is 424 g/mol. The summed E-state index contributed by atoms with van der Waals surface area (Å²) in [5, 5.41) is 0.567. The van der Waals surface area contributed by atoms with Crippen LogP contribution in [0.3, 0.4) is 0 Å². The van der Waals surface area contributed by atoms with Crippen molar-refractivity contribution in [2.75, 3.05) is 33.3 Å². The summed E-state index contributed by atoms with van der Waals surface area (Å²) >= 11 is 5.94. The molecule has 0 bridgehead atoms. The van der Waals surface area contributed by atoms with E-state index >= 15 is 0 Å². The highest BCUT2D eigenvalue weighted by Crippen LogP contribution is 2.20. The second-order valence-electron chi connectivity index (χ2n) is 7.80. The van der Waals surface area contributed by atoms with Gasteiger partial charge in [0, 0.05) is 48.9 Å². The Hall–Kier alpha value is -3.15. The molecule has 1 heterocycles. The largest absolute Gasteiger partial charge is 0.497 e. The Labute approximate surface area is 193 Å². The minimum Gasteiger partial charge on any atom is -0.497 e. The molecule has 1 saturated heterocycles. The molecule has 4 rings (SSSR count). The molecule has 1 fully saturated rings. The third kappa shape index (κ3) is 5.01. The maximum absolute atomic E-state index is 13.3. The second-order valence-corrected chi connectivity index (χ2v) is 8.24. The van der Waals surface area contributed by atoms with Crippen LogP contribution in [0, 0.1) is 0 Å². The van der Waals surface area contributed by atoms with Gasteiger partial charge in [0.05, 0.1) is 12.7 Å². The Morgan fingerprint density at radius 2 is 1.56 bits per heavy atom. The maximum Gasteiger partial charge on any atom is 0.254 e. The van der Waals surface area contributed by atoms with Gasteiger partial charge in [-0.15, -0.1) is 0 Å². The van der Waals surface area contributed by atoms with E-state index in [9.17, 15) is 9.59 Å². The highest BCUT2D eigenvalue weighted by atomic mass is 35.5. The predicted molar refractivity (Wildman–Crippen MR) is 126 cm³/mol. The Morgan fingerprint density at radius 3 is 2.25 bits per heavy atom. The van der Waals surface area contributed by atoms with Crippen LogP contribution in [0.5, 0.6) is 5.75 Å². The molecule has 0 N–H and O–H groups in total. The lowest BCUT2D eigenvalue weighted by Crippen LogP contribution is -2.48. The summed E-state index contributed by atoms with van der Waals surface area (Å²) in [4.78, 5) is 30.5. The first-order chi connectivity index (χ1) is 15.5. The third-order valence-corrected chi connectivity index (χ3v) is 5.96. The molecule has 0 spiro atoms. The molecule has 5 nitrogen and oxygen atoms in total. The van der Waals surface area contributed by atoms with E-state index in [0.29, 0.717) is 34.8 Å². The van der Waals surface area contributed by atoms with Gasteiger partial charge in [-0.1, -0.05) is 41.9 Å². The number of piperazine rings is 1. The van der Waals surface area contributed by atoms with Crippen molar-refractivity contribution in [3.8, 4) is 5.75 Å². The van der Waals surface area contributed by atoms with Gasteiger partial charge < -0.3 is 9.64 Å². The predicted octanol–water partition coefficient (Wildman–Crippen LogP) is 4.54. The molecule has 32 heavy (non-hydrogen) atoms. The molecular formula is C26H25ClN2O3. The maximum atomic E-state index is 13.3. The van der Waals surface area contributed by atoms with Crippen LogP contribution in [0.25, 0.3) is 0 Å². The van der Waals surface area contributed by atoms with E-state index in [1.165, 1.54) is 5.56 Å². The Morgan fingerprint density at radius 1 is 0.875 bits per heavy atom. The number of hydrogen-bond acceptors (Lipinski definition) is 4. The summed E-state index contributed by atoms with van der Waals surface area (Å²) < 4.78 is 5.30. The first-order valence-electron chi connectivity index (χ1n) is 10.6. The number of methoxy groups -OCH3 is 1. The number of ether oxygens (including phenoxy) is 1. The van der Waals surface area contributed by atoms with Gasteiger partial charge in [0.2, 0.25) is 0 Å². The van der Waals surface area contributed by atoms with Gasteiger partial charge in [-0.2, -0.15) is 0 Å². The van der Waals surface area contributed by atoms with Crippen molar-refractivity contribution in [3.05, 3.63) is 100 Å². The smallest absolute Gasteiger partial charge is 0.254 e. The van der Waals surface area contributed by atoms with E-state index in [4.69, 9.17) is 16.3 Å². The normalized spacial score (nSPS) is 14.2. The summed E-state index contributed by atoms with van der Waals surface area (Å²) in [6, 6.07) is 21.8. The van der Waals surface area contributed by atoms with Crippen LogP contribution < -0.4 is 4.74 Å². The fraction of sp³-hybridized carbons (Fsp3) is 0.231. The first-order valence-corrected chi connectivity index (χ1v) is 11.0. The summed E-state index contributed by atoms with van der Waals surface area (Å²) in [5.41, 5.74) is 2.55.